The molecule has 1 fully saturated rings. The molecule has 0 spiro atoms. The van der Waals surface area contributed by atoms with Crippen LogP contribution in [0, 0.1) is 6.92 Å². The molecule has 0 bridgehead atoms. The molecule has 1 heterocycles. The van der Waals surface area contributed by atoms with Crippen molar-refractivity contribution in [1.29, 1.82) is 0 Å². The van der Waals surface area contributed by atoms with Crippen LogP contribution in [0.4, 0.5) is 5.69 Å². The first-order chi connectivity index (χ1) is 13.4. The number of rotatable bonds is 7. The molecular formula is C20H26ClN3O4S. The van der Waals surface area contributed by atoms with Crippen LogP contribution in [0.3, 0.4) is 0 Å². The Morgan fingerprint density at radius 2 is 1.66 bits per heavy atom. The lowest BCUT2D eigenvalue weighted by molar-refractivity contribution is 0.0383. The van der Waals surface area contributed by atoms with Gasteiger partial charge in [0.05, 0.1) is 18.1 Å². The summed E-state index contributed by atoms with van der Waals surface area (Å²) in [5.74, 6) is -0.219. The molecule has 7 nitrogen and oxygen atoms in total. The number of nitrogens with one attached hydrogen (secondary N) is 2. The minimum Gasteiger partial charge on any atom is -0.379 e. The fourth-order valence-electron chi connectivity index (χ4n) is 2.88. The van der Waals surface area contributed by atoms with E-state index in [1.54, 1.807) is 12.1 Å². The smallest absolute Gasteiger partial charge is 0.261 e. The van der Waals surface area contributed by atoms with E-state index in [1.165, 1.54) is 24.3 Å². The van der Waals surface area contributed by atoms with Gasteiger partial charge in [-0.15, -0.1) is 12.4 Å². The average molecular weight is 440 g/mol. The van der Waals surface area contributed by atoms with Gasteiger partial charge in [0.1, 0.15) is 0 Å². The molecule has 0 atom stereocenters. The third-order valence-corrected chi connectivity index (χ3v) is 5.95. The molecule has 29 heavy (non-hydrogen) atoms. The zero-order valence-corrected chi connectivity index (χ0v) is 17.9. The lowest BCUT2D eigenvalue weighted by Gasteiger charge is -2.26. The van der Waals surface area contributed by atoms with Crippen molar-refractivity contribution in [3.63, 3.8) is 0 Å². The second kappa shape index (κ2) is 10.6. The van der Waals surface area contributed by atoms with Crippen LogP contribution in [0.15, 0.2) is 53.4 Å². The van der Waals surface area contributed by atoms with Gasteiger partial charge in [-0.3, -0.25) is 14.4 Å². The number of morpholine rings is 1. The van der Waals surface area contributed by atoms with Gasteiger partial charge in [-0.05, 0) is 43.3 Å². The number of sulfonamides is 1. The molecule has 2 aromatic carbocycles. The van der Waals surface area contributed by atoms with Gasteiger partial charge in [0.15, 0.2) is 0 Å². The molecule has 158 valence electrons. The molecule has 1 aliphatic heterocycles. The second-order valence-electron chi connectivity index (χ2n) is 6.71. The predicted molar refractivity (Wildman–Crippen MR) is 115 cm³/mol. The predicted octanol–water partition coefficient (Wildman–Crippen LogP) is 2.28. The molecule has 2 aromatic rings. The minimum atomic E-state index is -3.70. The number of carbonyl (C=O) groups excluding carboxylic acids is 1. The number of anilines is 1. The van der Waals surface area contributed by atoms with E-state index >= 15 is 0 Å². The maximum Gasteiger partial charge on any atom is 0.261 e. The molecule has 1 aliphatic rings. The van der Waals surface area contributed by atoms with Crippen molar-refractivity contribution in [2.75, 3.05) is 44.1 Å². The molecule has 1 amide bonds. The molecule has 2 N–H and O–H groups in total. The number of hydrogen-bond acceptors (Lipinski definition) is 5. The van der Waals surface area contributed by atoms with E-state index in [2.05, 4.69) is 14.9 Å². The molecule has 9 heteroatoms. The van der Waals surface area contributed by atoms with E-state index in [1.807, 2.05) is 19.1 Å². The van der Waals surface area contributed by atoms with Crippen molar-refractivity contribution in [2.45, 2.75) is 11.8 Å². The van der Waals surface area contributed by atoms with Crippen LogP contribution in [0.1, 0.15) is 15.9 Å². The Hall–Kier alpha value is -2.13. The third kappa shape index (κ3) is 6.71. The summed E-state index contributed by atoms with van der Waals surface area (Å²) in [5.41, 5.74) is 1.97. The number of ether oxygens (including phenoxy) is 1. The molecule has 0 radical (unpaired) electrons. The van der Waals surface area contributed by atoms with Crippen LogP contribution in [-0.4, -0.2) is 58.6 Å². The highest BCUT2D eigenvalue weighted by molar-refractivity contribution is 7.92. The van der Waals surface area contributed by atoms with Crippen molar-refractivity contribution in [3.8, 4) is 0 Å². The lowest BCUT2D eigenvalue weighted by atomic mass is 10.2. The zero-order valence-electron chi connectivity index (χ0n) is 16.3. The molecule has 1 saturated heterocycles. The van der Waals surface area contributed by atoms with E-state index in [0.717, 1.165) is 38.4 Å². The Bertz CT molecular complexity index is 896. The van der Waals surface area contributed by atoms with E-state index in [9.17, 15) is 13.2 Å². The first kappa shape index (κ1) is 23.2. The van der Waals surface area contributed by atoms with Crippen molar-refractivity contribution in [1.82, 2.24) is 10.2 Å². The van der Waals surface area contributed by atoms with Gasteiger partial charge in [0.2, 0.25) is 0 Å². The summed E-state index contributed by atoms with van der Waals surface area (Å²) in [4.78, 5) is 14.6. The van der Waals surface area contributed by atoms with Crippen LogP contribution in [0.2, 0.25) is 0 Å². The zero-order chi connectivity index (χ0) is 20.0. The molecule has 0 aromatic heterocycles. The van der Waals surface area contributed by atoms with Gasteiger partial charge < -0.3 is 10.1 Å². The number of amides is 1. The van der Waals surface area contributed by atoms with E-state index in [4.69, 9.17) is 4.74 Å². The van der Waals surface area contributed by atoms with Gasteiger partial charge in [-0.2, -0.15) is 0 Å². The number of benzene rings is 2. The van der Waals surface area contributed by atoms with Crippen LogP contribution >= 0.6 is 12.4 Å². The third-order valence-electron chi connectivity index (χ3n) is 4.55. The Labute approximate surface area is 177 Å². The first-order valence-electron chi connectivity index (χ1n) is 9.22. The summed E-state index contributed by atoms with van der Waals surface area (Å²) in [6, 6.07) is 13.0. The summed E-state index contributed by atoms with van der Waals surface area (Å²) >= 11 is 0. The minimum absolute atomic E-state index is 0. The van der Waals surface area contributed by atoms with Crippen LogP contribution in [0.5, 0.6) is 0 Å². The van der Waals surface area contributed by atoms with Gasteiger partial charge in [0.25, 0.3) is 15.9 Å². The normalized spacial score (nSPS) is 14.7. The van der Waals surface area contributed by atoms with E-state index in [-0.39, 0.29) is 23.2 Å². The van der Waals surface area contributed by atoms with Gasteiger partial charge in [-0.25, -0.2) is 8.42 Å². The van der Waals surface area contributed by atoms with Gasteiger partial charge in [0, 0.05) is 37.4 Å². The Morgan fingerprint density at radius 1 is 1.03 bits per heavy atom. The number of nitrogens with zero attached hydrogens (tertiary/aromatic N) is 1. The van der Waals surface area contributed by atoms with Gasteiger partial charge >= 0.3 is 0 Å². The topological polar surface area (TPSA) is 87.7 Å². The standard InChI is InChI=1S/C20H25N3O4S.ClH/c1-16-2-6-18(7-3-16)22-28(25,26)19-8-4-17(5-9-19)20(24)21-10-11-23-12-14-27-15-13-23;/h2-9,22H,10-15H2,1H3,(H,21,24);1H. The maximum absolute atomic E-state index is 12.5. The SMILES string of the molecule is Cc1ccc(NS(=O)(=O)c2ccc(C(=O)NCCN3CCOCC3)cc2)cc1.Cl. The maximum atomic E-state index is 12.5. The van der Waals surface area contributed by atoms with Crippen molar-refractivity contribution < 1.29 is 17.9 Å². The Kier molecular flexibility index (Phi) is 8.45. The largest absolute Gasteiger partial charge is 0.379 e. The summed E-state index contributed by atoms with van der Waals surface area (Å²) in [6.07, 6.45) is 0. The summed E-state index contributed by atoms with van der Waals surface area (Å²) in [6.45, 7) is 6.42. The van der Waals surface area contributed by atoms with Crippen molar-refractivity contribution >= 4 is 34.0 Å². The summed E-state index contributed by atoms with van der Waals surface area (Å²) < 4.78 is 32.8. The molecule has 0 saturated carbocycles. The van der Waals surface area contributed by atoms with Crippen LogP contribution in [0.25, 0.3) is 0 Å². The van der Waals surface area contributed by atoms with E-state index < -0.39 is 10.0 Å². The summed E-state index contributed by atoms with van der Waals surface area (Å²) in [5, 5.41) is 2.86. The van der Waals surface area contributed by atoms with Crippen molar-refractivity contribution in [2.24, 2.45) is 0 Å². The quantitative estimate of drug-likeness (QED) is 0.691. The van der Waals surface area contributed by atoms with Gasteiger partial charge in [-0.1, -0.05) is 17.7 Å². The highest BCUT2D eigenvalue weighted by atomic mass is 35.5. The number of halogens is 1. The first-order valence-corrected chi connectivity index (χ1v) is 10.7. The molecule has 3 rings (SSSR count). The average Bonchev–Trinajstić information content (AvgIpc) is 2.70. The fourth-order valence-corrected chi connectivity index (χ4v) is 3.93. The number of hydrogen-bond donors (Lipinski definition) is 2. The number of carbonyl (C=O) groups is 1. The Balaban J connectivity index is 0.00000300. The molecular weight excluding hydrogens is 414 g/mol. The Morgan fingerprint density at radius 3 is 2.28 bits per heavy atom. The van der Waals surface area contributed by atoms with E-state index in [0.29, 0.717) is 17.8 Å². The lowest BCUT2D eigenvalue weighted by Crippen LogP contribution is -2.41. The monoisotopic (exact) mass is 439 g/mol. The van der Waals surface area contributed by atoms with Crippen LogP contribution in [-0.2, 0) is 14.8 Å². The second-order valence-corrected chi connectivity index (χ2v) is 8.39. The highest BCUT2D eigenvalue weighted by Gasteiger charge is 2.16. The van der Waals surface area contributed by atoms with Crippen molar-refractivity contribution in [3.05, 3.63) is 59.7 Å². The summed E-state index contributed by atoms with van der Waals surface area (Å²) in [7, 11) is -3.70. The van der Waals surface area contributed by atoms with Crippen LogP contribution < -0.4 is 10.0 Å². The highest BCUT2D eigenvalue weighted by Crippen LogP contribution is 2.17. The molecule has 0 unspecified atom stereocenters. The molecule has 0 aliphatic carbocycles. The number of aryl methyl sites for hydroxylation is 1. The fraction of sp³-hybridized carbons (Fsp3) is 0.350.